The van der Waals surface area contributed by atoms with Gasteiger partial charge in [0.15, 0.2) is 11.5 Å². The minimum absolute atomic E-state index is 0.0732. The molecule has 0 atom stereocenters. The fourth-order valence-corrected chi connectivity index (χ4v) is 1.83. The number of hydrogen-bond donors (Lipinski definition) is 1. The molecule has 0 radical (unpaired) electrons. The van der Waals surface area contributed by atoms with Crippen LogP contribution < -0.4 is 0 Å². The minimum Gasteiger partial charge on any atom is -0.476 e. The minimum atomic E-state index is -1.18. The Kier molecular flexibility index (Phi) is 3.58. The van der Waals surface area contributed by atoms with Gasteiger partial charge in [-0.15, -0.1) is 0 Å². The van der Waals surface area contributed by atoms with Crippen molar-refractivity contribution in [3.05, 3.63) is 45.4 Å². The van der Waals surface area contributed by atoms with Crippen LogP contribution in [0.1, 0.15) is 10.5 Å². The van der Waals surface area contributed by atoms with Gasteiger partial charge in [0, 0.05) is 11.8 Å². The zero-order valence-corrected chi connectivity index (χ0v) is 11.0. The first-order valence-corrected chi connectivity index (χ1v) is 5.87. The summed E-state index contributed by atoms with van der Waals surface area (Å²) in [6.07, 6.45) is 1.32. The summed E-state index contributed by atoms with van der Waals surface area (Å²) >= 11 is 8.68. The third-order valence-electron chi connectivity index (χ3n) is 2.12. The maximum Gasteiger partial charge on any atom is 0.355 e. The number of carboxylic acids is 1. The average Bonchev–Trinajstić information content (AvgIpc) is 2.33. The van der Waals surface area contributed by atoms with Crippen molar-refractivity contribution >= 4 is 33.5 Å². The van der Waals surface area contributed by atoms with E-state index in [-0.39, 0.29) is 21.0 Å². The molecule has 0 aliphatic heterocycles. The molecule has 0 amide bonds. The summed E-state index contributed by atoms with van der Waals surface area (Å²) in [6.45, 7) is 0. The Balaban J connectivity index is 2.54. The standard InChI is InChI=1S/C11H5BrClFN2O2/c12-6-4-15-10(16-9(6)11(17)18)5-1-2-8(14)7(13)3-5/h1-4H,(H,17,18). The van der Waals surface area contributed by atoms with Crippen molar-refractivity contribution in [2.24, 2.45) is 0 Å². The van der Waals surface area contributed by atoms with Gasteiger partial charge >= 0.3 is 5.97 Å². The average molecular weight is 332 g/mol. The van der Waals surface area contributed by atoms with Crippen LogP contribution in [0.3, 0.4) is 0 Å². The first kappa shape index (κ1) is 12.9. The number of nitrogens with zero attached hydrogens (tertiary/aromatic N) is 2. The van der Waals surface area contributed by atoms with E-state index in [2.05, 4.69) is 25.9 Å². The largest absolute Gasteiger partial charge is 0.476 e. The molecule has 2 rings (SSSR count). The van der Waals surface area contributed by atoms with Gasteiger partial charge in [-0.3, -0.25) is 0 Å². The first-order chi connectivity index (χ1) is 8.49. The maximum absolute atomic E-state index is 13.0. The van der Waals surface area contributed by atoms with Gasteiger partial charge < -0.3 is 5.11 Å². The normalized spacial score (nSPS) is 10.4. The van der Waals surface area contributed by atoms with Crippen LogP contribution in [0.5, 0.6) is 0 Å². The third-order valence-corrected chi connectivity index (χ3v) is 2.99. The van der Waals surface area contributed by atoms with Crippen molar-refractivity contribution in [2.75, 3.05) is 0 Å². The highest BCUT2D eigenvalue weighted by molar-refractivity contribution is 9.10. The Morgan fingerprint density at radius 1 is 1.44 bits per heavy atom. The van der Waals surface area contributed by atoms with E-state index in [9.17, 15) is 9.18 Å². The Hall–Kier alpha value is -1.53. The van der Waals surface area contributed by atoms with Gasteiger partial charge in [-0.25, -0.2) is 19.2 Å². The Labute approximate surface area is 115 Å². The van der Waals surface area contributed by atoms with Gasteiger partial charge in [0.1, 0.15) is 5.82 Å². The first-order valence-electron chi connectivity index (χ1n) is 4.70. The molecule has 1 heterocycles. The monoisotopic (exact) mass is 330 g/mol. The van der Waals surface area contributed by atoms with Gasteiger partial charge in [-0.2, -0.15) is 0 Å². The lowest BCUT2D eigenvalue weighted by Gasteiger charge is -2.04. The number of aromatic carboxylic acids is 1. The predicted octanol–water partition coefficient (Wildman–Crippen LogP) is 3.40. The number of rotatable bonds is 2. The van der Waals surface area contributed by atoms with Crippen LogP contribution in [0.2, 0.25) is 5.02 Å². The number of hydrogen-bond acceptors (Lipinski definition) is 3. The Morgan fingerprint density at radius 3 is 2.78 bits per heavy atom. The van der Waals surface area contributed by atoms with Crippen LogP contribution in [0.25, 0.3) is 11.4 Å². The second-order valence-electron chi connectivity index (χ2n) is 3.32. The van der Waals surface area contributed by atoms with Gasteiger partial charge in [0.2, 0.25) is 0 Å². The molecule has 0 aliphatic carbocycles. The highest BCUT2D eigenvalue weighted by atomic mass is 79.9. The van der Waals surface area contributed by atoms with Crippen molar-refractivity contribution in [1.29, 1.82) is 0 Å². The number of carboxylic acid groups (broad SMARTS) is 1. The summed E-state index contributed by atoms with van der Waals surface area (Å²) in [5, 5.41) is 8.86. The molecule has 0 unspecified atom stereocenters. The number of halogens is 3. The van der Waals surface area contributed by atoms with Gasteiger partial charge in [-0.05, 0) is 34.1 Å². The molecule has 4 nitrogen and oxygen atoms in total. The highest BCUT2D eigenvalue weighted by Gasteiger charge is 2.13. The van der Waals surface area contributed by atoms with E-state index in [0.29, 0.717) is 5.56 Å². The zero-order chi connectivity index (χ0) is 13.3. The van der Waals surface area contributed by atoms with Crippen LogP contribution in [-0.4, -0.2) is 21.0 Å². The Morgan fingerprint density at radius 2 is 2.17 bits per heavy atom. The molecule has 18 heavy (non-hydrogen) atoms. The van der Waals surface area contributed by atoms with E-state index >= 15 is 0 Å². The van der Waals surface area contributed by atoms with Crippen LogP contribution in [0.15, 0.2) is 28.9 Å². The van der Waals surface area contributed by atoms with Crippen molar-refractivity contribution in [2.45, 2.75) is 0 Å². The summed E-state index contributed by atoms with van der Waals surface area (Å²) in [5.74, 6) is -1.58. The topological polar surface area (TPSA) is 63.1 Å². The van der Waals surface area contributed by atoms with E-state index in [1.54, 1.807) is 0 Å². The zero-order valence-electron chi connectivity index (χ0n) is 8.69. The molecule has 7 heteroatoms. The van der Waals surface area contributed by atoms with Gasteiger partial charge in [0.05, 0.1) is 9.50 Å². The maximum atomic E-state index is 13.0. The van der Waals surface area contributed by atoms with Crippen molar-refractivity contribution in [3.63, 3.8) is 0 Å². The number of benzene rings is 1. The van der Waals surface area contributed by atoms with Gasteiger partial charge in [-0.1, -0.05) is 11.6 Å². The molecule has 0 spiro atoms. The molecular weight excluding hydrogens is 326 g/mol. The second-order valence-corrected chi connectivity index (χ2v) is 4.59. The quantitative estimate of drug-likeness (QED) is 0.916. The second kappa shape index (κ2) is 4.99. The van der Waals surface area contributed by atoms with Crippen LogP contribution in [-0.2, 0) is 0 Å². The van der Waals surface area contributed by atoms with Gasteiger partial charge in [0.25, 0.3) is 0 Å². The summed E-state index contributed by atoms with van der Waals surface area (Å²) in [6, 6.07) is 3.94. The van der Waals surface area contributed by atoms with E-state index < -0.39 is 11.8 Å². The number of aromatic nitrogens is 2. The summed E-state index contributed by atoms with van der Waals surface area (Å²) in [4.78, 5) is 18.8. The molecule has 92 valence electrons. The predicted molar refractivity (Wildman–Crippen MR) is 67.1 cm³/mol. The molecule has 0 bridgehead atoms. The molecule has 0 fully saturated rings. The van der Waals surface area contributed by atoms with Crippen LogP contribution in [0.4, 0.5) is 4.39 Å². The number of carbonyl (C=O) groups is 1. The molecular formula is C11H5BrClFN2O2. The lowest BCUT2D eigenvalue weighted by Crippen LogP contribution is -2.04. The lowest BCUT2D eigenvalue weighted by molar-refractivity contribution is 0.0689. The van der Waals surface area contributed by atoms with Crippen molar-refractivity contribution in [3.8, 4) is 11.4 Å². The highest BCUT2D eigenvalue weighted by Crippen LogP contribution is 2.24. The van der Waals surface area contributed by atoms with Crippen LogP contribution in [0, 0.1) is 5.82 Å². The van der Waals surface area contributed by atoms with E-state index in [1.807, 2.05) is 0 Å². The van der Waals surface area contributed by atoms with Crippen LogP contribution >= 0.6 is 27.5 Å². The molecule has 0 saturated heterocycles. The molecule has 1 aromatic heterocycles. The fraction of sp³-hybridized carbons (Fsp3) is 0. The Bertz CT molecular complexity index is 636. The molecule has 2 aromatic rings. The summed E-state index contributed by atoms with van der Waals surface area (Å²) in [7, 11) is 0. The SMILES string of the molecule is O=C(O)c1nc(-c2ccc(F)c(Cl)c2)ncc1Br. The fourth-order valence-electron chi connectivity index (χ4n) is 1.29. The third kappa shape index (κ3) is 2.49. The molecule has 1 N–H and O–H groups in total. The van der Waals surface area contributed by atoms with E-state index in [4.69, 9.17) is 16.7 Å². The van der Waals surface area contributed by atoms with Crippen molar-refractivity contribution < 1.29 is 14.3 Å². The lowest BCUT2D eigenvalue weighted by atomic mass is 10.2. The van der Waals surface area contributed by atoms with Crippen molar-refractivity contribution in [1.82, 2.24) is 9.97 Å². The molecule has 0 aliphatic rings. The summed E-state index contributed by atoms with van der Waals surface area (Å²) < 4.78 is 13.3. The summed E-state index contributed by atoms with van der Waals surface area (Å²) in [5.41, 5.74) is 0.275. The smallest absolute Gasteiger partial charge is 0.355 e. The molecule has 1 aromatic carbocycles. The molecule has 0 saturated carbocycles. The van der Waals surface area contributed by atoms with E-state index in [0.717, 1.165) is 0 Å². The van der Waals surface area contributed by atoms with E-state index in [1.165, 1.54) is 24.4 Å².